The van der Waals surface area contributed by atoms with Gasteiger partial charge in [0.1, 0.15) is 0 Å². The number of carbonyl (C=O) groups excluding carboxylic acids is 1. The molecule has 1 aromatic carbocycles. The first kappa shape index (κ1) is 18.7. The fourth-order valence-electron chi connectivity index (χ4n) is 4.04. The number of hydrogen-bond donors (Lipinski definition) is 2. The molecule has 0 bridgehead atoms. The molecule has 2 fully saturated rings. The molecule has 0 spiro atoms. The van der Waals surface area contributed by atoms with E-state index in [2.05, 4.69) is 5.32 Å². The Kier molecular flexibility index (Phi) is 4.99. The van der Waals surface area contributed by atoms with Gasteiger partial charge in [-0.25, -0.2) is 0 Å². The van der Waals surface area contributed by atoms with Crippen molar-refractivity contribution in [1.29, 1.82) is 0 Å². The minimum atomic E-state index is -4.39. The topological polar surface area (TPSA) is 66.4 Å². The first-order valence-corrected chi connectivity index (χ1v) is 8.89. The first-order valence-electron chi connectivity index (χ1n) is 8.89. The highest BCUT2D eigenvalue weighted by Crippen LogP contribution is 2.44. The predicted octanol–water partition coefficient (Wildman–Crippen LogP) is 3.74. The summed E-state index contributed by atoms with van der Waals surface area (Å²) >= 11 is 0. The van der Waals surface area contributed by atoms with Gasteiger partial charge in [0.15, 0.2) is 0 Å². The van der Waals surface area contributed by atoms with Gasteiger partial charge in [-0.2, -0.15) is 13.2 Å². The normalized spacial score (nSPS) is 24.7. The molecule has 2 saturated carbocycles. The Morgan fingerprint density at radius 3 is 2.42 bits per heavy atom. The maximum absolute atomic E-state index is 13.0. The van der Waals surface area contributed by atoms with E-state index in [1.165, 1.54) is 12.1 Å². The molecule has 0 aliphatic heterocycles. The second kappa shape index (κ2) is 6.93. The summed E-state index contributed by atoms with van der Waals surface area (Å²) in [6, 6.07) is 5.34. The van der Waals surface area contributed by atoms with E-state index in [1.807, 2.05) is 0 Å². The lowest BCUT2D eigenvalue weighted by Crippen LogP contribution is -2.46. The van der Waals surface area contributed by atoms with Gasteiger partial charge >= 0.3 is 12.1 Å². The highest BCUT2D eigenvalue weighted by molar-refractivity contribution is 5.81. The summed E-state index contributed by atoms with van der Waals surface area (Å²) in [5.74, 6) is -1.87. The Balaban J connectivity index is 1.66. The van der Waals surface area contributed by atoms with Crippen molar-refractivity contribution in [3.8, 4) is 0 Å². The summed E-state index contributed by atoms with van der Waals surface area (Å²) in [4.78, 5) is 23.4. The van der Waals surface area contributed by atoms with Crippen LogP contribution in [0.5, 0.6) is 0 Å². The van der Waals surface area contributed by atoms with Crippen molar-refractivity contribution in [2.75, 3.05) is 6.54 Å². The van der Waals surface area contributed by atoms with Gasteiger partial charge in [-0.15, -0.1) is 0 Å². The van der Waals surface area contributed by atoms with E-state index in [9.17, 15) is 22.8 Å². The first-order chi connectivity index (χ1) is 12.2. The SMILES string of the molecule is O=C(O)[C@@H]1CC[C@H](C(=O)NCC2(c3cccc(C(F)(F)F)c3)CCC2)C1. The Morgan fingerprint density at radius 2 is 1.88 bits per heavy atom. The van der Waals surface area contributed by atoms with E-state index >= 15 is 0 Å². The number of carboxylic acid groups (broad SMARTS) is 1. The molecule has 142 valence electrons. The third-order valence-electron chi connectivity index (χ3n) is 5.87. The quantitative estimate of drug-likeness (QED) is 0.831. The molecule has 0 radical (unpaired) electrons. The number of carboxylic acids is 1. The van der Waals surface area contributed by atoms with Gasteiger partial charge in [-0.3, -0.25) is 9.59 Å². The monoisotopic (exact) mass is 369 g/mol. The number of rotatable bonds is 5. The van der Waals surface area contributed by atoms with Crippen molar-refractivity contribution in [1.82, 2.24) is 5.32 Å². The number of benzene rings is 1. The second-order valence-electron chi connectivity index (χ2n) is 7.48. The molecule has 2 N–H and O–H groups in total. The molecule has 4 nitrogen and oxygen atoms in total. The van der Waals surface area contributed by atoms with Gasteiger partial charge in [0.25, 0.3) is 0 Å². The molecule has 2 atom stereocenters. The van der Waals surface area contributed by atoms with E-state index in [0.29, 0.717) is 31.4 Å². The number of alkyl halides is 3. The molecular formula is C19H22F3NO3. The van der Waals surface area contributed by atoms with Crippen LogP contribution in [0.3, 0.4) is 0 Å². The van der Waals surface area contributed by atoms with Crippen molar-refractivity contribution >= 4 is 11.9 Å². The molecule has 0 saturated heterocycles. The summed E-state index contributed by atoms with van der Waals surface area (Å²) in [7, 11) is 0. The van der Waals surface area contributed by atoms with Crippen molar-refractivity contribution < 1.29 is 27.9 Å². The van der Waals surface area contributed by atoms with Crippen LogP contribution in [0.1, 0.15) is 49.7 Å². The molecule has 7 heteroatoms. The van der Waals surface area contributed by atoms with E-state index in [4.69, 9.17) is 5.11 Å². The molecule has 3 rings (SSSR count). The molecule has 0 heterocycles. The number of hydrogen-bond acceptors (Lipinski definition) is 2. The van der Waals surface area contributed by atoms with Crippen molar-refractivity contribution in [2.45, 2.75) is 50.1 Å². The predicted molar refractivity (Wildman–Crippen MR) is 88.4 cm³/mol. The zero-order valence-electron chi connectivity index (χ0n) is 14.3. The maximum Gasteiger partial charge on any atom is 0.416 e. The minimum Gasteiger partial charge on any atom is -0.481 e. The van der Waals surface area contributed by atoms with Gasteiger partial charge in [-0.05, 0) is 43.7 Å². The lowest BCUT2D eigenvalue weighted by molar-refractivity contribution is -0.141. The number of carbonyl (C=O) groups is 2. The molecule has 0 aromatic heterocycles. The standard InChI is InChI=1S/C19H22F3NO3/c20-19(21,22)15-4-1-3-14(10-15)18(7-2-8-18)11-23-16(24)12-5-6-13(9-12)17(25)26/h1,3-4,10,12-13H,2,5-9,11H2,(H,23,24)(H,25,26)/t12-,13+/m0/s1. The number of halogens is 3. The average molecular weight is 369 g/mol. The number of aliphatic carboxylic acids is 1. The zero-order chi connectivity index (χ0) is 18.9. The second-order valence-corrected chi connectivity index (χ2v) is 7.48. The maximum atomic E-state index is 13.0. The van der Waals surface area contributed by atoms with Gasteiger partial charge < -0.3 is 10.4 Å². The summed E-state index contributed by atoms with van der Waals surface area (Å²) < 4.78 is 38.9. The van der Waals surface area contributed by atoms with E-state index in [-0.39, 0.29) is 11.8 Å². The molecular weight excluding hydrogens is 347 g/mol. The number of amides is 1. The van der Waals surface area contributed by atoms with E-state index in [0.717, 1.165) is 25.3 Å². The summed E-state index contributed by atoms with van der Waals surface area (Å²) in [6.45, 7) is 0.293. The van der Waals surface area contributed by atoms with Crippen LogP contribution in [0.15, 0.2) is 24.3 Å². The van der Waals surface area contributed by atoms with Crippen LogP contribution in [0.2, 0.25) is 0 Å². The third kappa shape index (κ3) is 3.71. The Hall–Kier alpha value is -2.05. The smallest absolute Gasteiger partial charge is 0.416 e. The Labute approximate surface area is 149 Å². The van der Waals surface area contributed by atoms with Crippen LogP contribution in [0, 0.1) is 11.8 Å². The van der Waals surface area contributed by atoms with Crippen LogP contribution in [-0.4, -0.2) is 23.5 Å². The molecule has 0 unspecified atom stereocenters. The third-order valence-corrected chi connectivity index (χ3v) is 5.87. The lowest BCUT2D eigenvalue weighted by atomic mass is 9.64. The molecule has 2 aliphatic rings. The fraction of sp³-hybridized carbons (Fsp3) is 0.579. The average Bonchev–Trinajstić information content (AvgIpc) is 3.03. The van der Waals surface area contributed by atoms with Crippen LogP contribution < -0.4 is 5.32 Å². The van der Waals surface area contributed by atoms with Crippen molar-refractivity contribution in [3.63, 3.8) is 0 Å². The van der Waals surface area contributed by atoms with Crippen molar-refractivity contribution in [3.05, 3.63) is 35.4 Å². The lowest BCUT2D eigenvalue weighted by Gasteiger charge is -2.43. The number of nitrogens with one attached hydrogen (secondary N) is 1. The van der Waals surface area contributed by atoms with E-state index < -0.39 is 29.0 Å². The highest BCUT2D eigenvalue weighted by atomic mass is 19.4. The van der Waals surface area contributed by atoms with Gasteiger partial charge in [0.05, 0.1) is 11.5 Å². The van der Waals surface area contributed by atoms with Crippen molar-refractivity contribution in [2.24, 2.45) is 11.8 Å². The largest absolute Gasteiger partial charge is 0.481 e. The van der Waals surface area contributed by atoms with E-state index in [1.54, 1.807) is 6.07 Å². The molecule has 26 heavy (non-hydrogen) atoms. The summed E-state index contributed by atoms with van der Waals surface area (Å²) in [5.41, 5.74) is -0.525. The molecule has 1 amide bonds. The van der Waals surface area contributed by atoms with Crippen LogP contribution in [-0.2, 0) is 21.2 Å². The Bertz CT molecular complexity index is 698. The van der Waals surface area contributed by atoms with Crippen LogP contribution in [0.25, 0.3) is 0 Å². The fourth-order valence-corrected chi connectivity index (χ4v) is 4.04. The summed E-state index contributed by atoms with van der Waals surface area (Å²) in [5, 5.41) is 11.9. The molecule has 2 aliphatic carbocycles. The molecule has 1 aromatic rings. The van der Waals surface area contributed by atoms with Gasteiger partial charge in [0, 0.05) is 17.9 Å². The van der Waals surface area contributed by atoms with Crippen LogP contribution in [0.4, 0.5) is 13.2 Å². The zero-order valence-corrected chi connectivity index (χ0v) is 14.3. The highest BCUT2D eigenvalue weighted by Gasteiger charge is 2.41. The van der Waals surface area contributed by atoms with Gasteiger partial charge in [-0.1, -0.05) is 24.6 Å². The Morgan fingerprint density at radius 1 is 1.19 bits per heavy atom. The summed E-state index contributed by atoms with van der Waals surface area (Å²) in [6.07, 6.45) is -0.645. The van der Waals surface area contributed by atoms with Crippen LogP contribution >= 0.6 is 0 Å². The van der Waals surface area contributed by atoms with Gasteiger partial charge in [0.2, 0.25) is 5.91 Å². The minimum absolute atomic E-state index is 0.188.